The molecule has 0 spiro atoms. The molecule has 0 aliphatic carbocycles. The fourth-order valence-corrected chi connectivity index (χ4v) is 3.78. The number of fused-ring (bicyclic) bond motifs is 1. The molecule has 1 aromatic heterocycles. The fourth-order valence-electron chi connectivity index (χ4n) is 2.54. The molecule has 110 valence electrons. The standard InChI is InChI=1S/C16H19N3OS/c1-3-18(2)13-8-16(20)19(17-9-13)10-12-11-21-15-7-5-4-6-14(12)15/h4-9,12H,3,10-11H2,1-2H3. The van der Waals surface area contributed by atoms with E-state index >= 15 is 0 Å². The summed E-state index contributed by atoms with van der Waals surface area (Å²) < 4.78 is 1.58. The first-order valence-electron chi connectivity index (χ1n) is 7.19. The maximum Gasteiger partial charge on any atom is 0.268 e. The van der Waals surface area contributed by atoms with Crippen LogP contribution in [0, 0.1) is 0 Å². The number of thioether (sulfide) groups is 1. The number of hydrogen-bond acceptors (Lipinski definition) is 4. The number of benzene rings is 1. The van der Waals surface area contributed by atoms with Crippen molar-refractivity contribution < 1.29 is 0 Å². The van der Waals surface area contributed by atoms with Crippen LogP contribution in [0.15, 0.2) is 46.2 Å². The summed E-state index contributed by atoms with van der Waals surface area (Å²) >= 11 is 1.86. The summed E-state index contributed by atoms with van der Waals surface area (Å²) in [5, 5.41) is 4.34. The molecular formula is C16H19N3OS. The molecule has 0 amide bonds. The number of hydrogen-bond donors (Lipinski definition) is 0. The molecule has 0 fully saturated rings. The second kappa shape index (κ2) is 5.93. The van der Waals surface area contributed by atoms with E-state index in [1.54, 1.807) is 16.9 Å². The van der Waals surface area contributed by atoms with Gasteiger partial charge < -0.3 is 4.90 Å². The van der Waals surface area contributed by atoms with Gasteiger partial charge in [0.25, 0.3) is 5.56 Å². The Morgan fingerprint density at radius 3 is 3.00 bits per heavy atom. The topological polar surface area (TPSA) is 38.1 Å². The summed E-state index contributed by atoms with van der Waals surface area (Å²) in [6.07, 6.45) is 1.78. The molecule has 1 unspecified atom stereocenters. The Kier molecular flexibility index (Phi) is 4.01. The molecule has 2 heterocycles. The predicted molar refractivity (Wildman–Crippen MR) is 87.3 cm³/mol. The van der Waals surface area contributed by atoms with Gasteiger partial charge in [-0.15, -0.1) is 11.8 Å². The third-order valence-corrected chi connectivity index (χ3v) is 5.21. The number of nitrogens with zero attached hydrogens (tertiary/aromatic N) is 3. The van der Waals surface area contributed by atoms with E-state index in [4.69, 9.17) is 0 Å². The Morgan fingerprint density at radius 2 is 2.24 bits per heavy atom. The first-order valence-corrected chi connectivity index (χ1v) is 8.17. The van der Waals surface area contributed by atoms with Gasteiger partial charge in [0, 0.05) is 36.2 Å². The highest BCUT2D eigenvalue weighted by molar-refractivity contribution is 7.99. The van der Waals surface area contributed by atoms with Gasteiger partial charge in [-0.05, 0) is 18.6 Å². The van der Waals surface area contributed by atoms with Crippen molar-refractivity contribution in [1.82, 2.24) is 9.78 Å². The molecule has 1 aromatic carbocycles. The first kappa shape index (κ1) is 14.2. The Labute approximate surface area is 128 Å². The van der Waals surface area contributed by atoms with Crippen LogP contribution in [0.4, 0.5) is 5.69 Å². The van der Waals surface area contributed by atoms with Crippen molar-refractivity contribution in [2.75, 3.05) is 24.2 Å². The van der Waals surface area contributed by atoms with Gasteiger partial charge >= 0.3 is 0 Å². The number of anilines is 1. The second-order valence-electron chi connectivity index (χ2n) is 5.29. The Bertz CT molecular complexity index is 698. The SMILES string of the molecule is CCN(C)c1cnn(CC2CSc3ccccc32)c(=O)c1. The van der Waals surface area contributed by atoms with E-state index in [1.807, 2.05) is 23.7 Å². The van der Waals surface area contributed by atoms with Gasteiger partial charge in [0.1, 0.15) is 0 Å². The van der Waals surface area contributed by atoms with Gasteiger partial charge in [-0.2, -0.15) is 5.10 Å². The Morgan fingerprint density at radius 1 is 1.43 bits per heavy atom. The number of rotatable bonds is 4. The Hall–Kier alpha value is -1.75. The summed E-state index contributed by atoms with van der Waals surface area (Å²) in [5.74, 6) is 1.38. The van der Waals surface area contributed by atoms with Crippen molar-refractivity contribution in [2.45, 2.75) is 24.3 Å². The van der Waals surface area contributed by atoms with Crippen molar-refractivity contribution in [3.63, 3.8) is 0 Å². The molecule has 3 rings (SSSR count). The van der Waals surface area contributed by atoms with Gasteiger partial charge in [0.2, 0.25) is 0 Å². The molecule has 1 aliphatic heterocycles. The van der Waals surface area contributed by atoms with Crippen molar-refractivity contribution in [3.8, 4) is 0 Å². The summed E-state index contributed by atoms with van der Waals surface area (Å²) in [5.41, 5.74) is 2.19. The maximum absolute atomic E-state index is 12.2. The highest BCUT2D eigenvalue weighted by Crippen LogP contribution is 2.39. The van der Waals surface area contributed by atoms with Crippen molar-refractivity contribution >= 4 is 17.4 Å². The zero-order chi connectivity index (χ0) is 14.8. The predicted octanol–water partition coefficient (Wildman–Crippen LogP) is 2.59. The molecule has 0 bridgehead atoms. The molecule has 0 saturated heterocycles. The average molecular weight is 301 g/mol. The third-order valence-electron chi connectivity index (χ3n) is 3.96. The molecule has 4 nitrogen and oxygen atoms in total. The van der Waals surface area contributed by atoms with Crippen LogP contribution < -0.4 is 10.5 Å². The lowest BCUT2D eigenvalue weighted by atomic mass is 10.0. The van der Waals surface area contributed by atoms with Crippen LogP contribution in [0.5, 0.6) is 0 Å². The second-order valence-corrected chi connectivity index (χ2v) is 6.36. The minimum atomic E-state index is -0.0258. The zero-order valence-corrected chi connectivity index (χ0v) is 13.1. The minimum absolute atomic E-state index is 0.0258. The van der Waals surface area contributed by atoms with E-state index in [0.717, 1.165) is 18.0 Å². The van der Waals surface area contributed by atoms with Crippen molar-refractivity contribution in [2.24, 2.45) is 0 Å². The van der Waals surface area contributed by atoms with Gasteiger partial charge in [-0.25, -0.2) is 4.68 Å². The van der Waals surface area contributed by atoms with Crippen molar-refractivity contribution in [1.29, 1.82) is 0 Å². The van der Waals surface area contributed by atoms with Gasteiger partial charge in [0.15, 0.2) is 0 Å². The first-order chi connectivity index (χ1) is 10.2. The summed E-state index contributed by atoms with van der Waals surface area (Å²) in [6.45, 7) is 3.56. The fraction of sp³-hybridized carbons (Fsp3) is 0.375. The average Bonchev–Trinajstić information content (AvgIpc) is 2.92. The van der Waals surface area contributed by atoms with Crippen LogP contribution in [0.1, 0.15) is 18.4 Å². The monoisotopic (exact) mass is 301 g/mol. The van der Waals surface area contributed by atoms with E-state index in [9.17, 15) is 4.79 Å². The van der Waals surface area contributed by atoms with Gasteiger partial charge in [0.05, 0.1) is 18.4 Å². The summed E-state index contributed by atoms with van der Waals surface area (Å²) in [7, 11) is 1.96. The normalized spacial score (nSPS) is 16.8. The van der Waals surface area contributed by atoms with Crippen LogP contribution in [-0.4, -0.2) is 29.1 Å². The highest BCUT2D eigenvalue weighted by atomic mass is 32.2. The van der Waals surface area contributed by atoms with Crippen molar-refractivity contribution in [3.05, 3.63) is 52.4 Å². The van der Waals surface area contributed by atoms with E-state index in [-0.39, 0.29) is 5.56 Å². The van der Waals surface area contributed by atoms with E-state index in [1.165, 1.54) is 10.5 Å². The molecule has 5 heteroatoms. The number of aromatic nitrogens is 2. The minimum Gasteiger partial charge on any atom is -0.373 e. The van der Waals surface area contributed by atoms with Crippen LogP contribution in [0.3, 0.4) is 0 Å². The zero-order valence-electron chi connectivity index (χ0n) is 12.3. The van der Waals surface area contributed by atoms with Crippen LogP contribution in [-0.2, 0) is 6.54 Å². The maximum atomic E-state index is 12.2. The molecule has 0 saturated carbocycles. The van der Waals surface area contributed by atoms with Crippen LogP contribution in [0.25, 0.3) is 0 Å². The van der Waals surface area contributed by atoms with Gasteiger partial charge in [-0.1, -0.05) is 18.2 Å². The van der Waals surface area contributed by atoms with Crippen LogP contribution >= 0.6 is 11.8 Å². The third kappa shape index (κ3) is 2.83. The molecule has 0 radical (unpaired) electrons. The lowest BCUT2D eigenvalue weighted by Gasteiger charge is -2.17. The summed E-state index contributed by atoms with van der Waals surface area (Å²) in [6, 6.07) is 10.1. The Balaban J connectivity index is 1.82. The quantitative estimate of drug-likeness (QED) is 0.870. The molecular weight excluding hydrogens is 282 g/mol. The van der Waals surface area contributed by atoms with Gasteiger partial charge in [-0.3, -0.25) is 4.79 Å². The lowest BCUT2D eigenvalue weighted by molar-refractivity contribution is 0.522. The molecule has 1 aliphatic rings. The lowest BCUT2D eigenvalue weighted by Crippen LogP contribution is -2.27. The smallest absolute Gasteiger partial charge is 0.268 e. The summed E-state index contributed by atoms with van der Waals surface area (Å²) in [4.78, 5) is 15.6. The molecule has 21 heavy (non-hydrogen) atoms. The van der Waals surface area contributed by atoms with E-state index in [0.29, 0.717) is 12.5 Å². The highest BCUT2D eigenvalue weighted by Gasteiger charge is 2.23. The molecule has 2 aromatic rings. The van der Waals surface area contributed by atoms with E-state index < -0.39 is 0 Å². The molecule has 0 N–H and O–H groups in total. The largest absolute Gasteiger partial charge is 0.373 e. The van der Waals surface area contributed by atoms with Crippen LogP contribution in [0.2, 0.25) is 0 Å². The molecule has 1 atom stereocenters. The van der Waals surface area contributed by atoms with E-state index in [2.05, 4.69) is 36.3 Å².